The highest BCUT2D eigenvalue weighted by atomic mass is 32.2. The number of hydrogen-bond donors (Lipinski definition) is 2. The maximum Gasteiger partial charge on any atom is 0.313 e. The second-order valence-corrected chi connectivity index (χ2v) is 9.18. The van der Waals surface area contributed by atoms with Crippen molar-refractivity contribution in [2.45, 2.75) is 23.5 Å². The lowest BCUT2D eigenvalue weighted by Crippen LogP contribution is -2.28. The van der Waals surface area contributed by atoms with Gasteiger partial charge in [0.1, 0.15) is 4.21 Å². The van der Waals surface area contributed by atoms with Gasteiger partial charge in [0.2, 0.25) is 0 Å². The monoisotopic (exact) mass is 367 g/mol. The van der Waals surface area contributed by atoms with Crippen LogP contribution in [0.2, 0.25) is 0 Å². The molecule has 1 amide bonds. The molecule has 0 saturated carbocycles. The number of hydrogen-bond acceptors (Lipinski definition) is 5. The molecule has 6 nitrogen and oxygen atoms in total. The van der Waals surface area contributed by atoms with Gasteiger partial charge in [-0.1, -0.05) is 12.1 Å². The number of carbonyl (C=O) groups is 2. The Morgan fingerprint density at radius 2 is 1.67 bits per heavy atom. The third kappa shape index (κ3) is 3.82. The van der Waals surface area contributed by atoms with Crippen molar-refractivity contribution < 1.29 is 23.1 Å². The number of nitrogens with one attached hydrogen (secondary N) is 1. The van der Waals surface area contributed by atoms with Gasteiger partial charge < -0.3 is 10.4 Å². The molecular weight excluding hydrogens is 350 g/mol. The van der Waals surface area contributed by atoms with Crippen LogP contribution in [0, 0.1) is 0 Å². The van der Waals surface area contributed by atoms with Gasteiger partial charge in [-0.05, 0) is 43.7 Å². The first kappa shape index (κ1) is 18.2. The summed E-state index contributed by atoms with van der Waals surface area (Å²) in [5, 5.41) is 11.9. The van der Waals surface area contributed by atoms with Gasteiger partial charge >= 0.3 is 5.97 Å². The summed E-state index contributed by atoms with van der Waals surface area (Å²) in [5.41, 5.74) is 0.0865. The number of thiophene rings is 1. The van der Waals surface area contributed by atoms with E-state index in [4.69, 9.17) is 0 Å². The predicted molar refractivity (Wildman–Crippen MR) is 92.5 cm³/mol. The van der Waals surface area contributed by atoms with Gasteiger partial charge in [-0.25, -0.2) is 8.42 Å². The van der Waals surface area contributed by atoms with Crippen molar-refractivity contribution in [3.8, 4) is 0 Å². The molecule has 0 atom stereocenters. The standard InChI is InChI=1S/C16H17NO5S2/c1-16(2,15(19)20)10-4-6-11(7-5-10)17-14(18)12-8-9-13(23-12)24(3,21)22/h4-9H,1-3H3,(H,17,18)(H,19,20). The molecule has 24 heavy (non-hydrogen) atoms. The molecule has 0 radical (unpaired) electrons. The maximum atomic E-state index is 12.2. The SMILES string of the molecule is CC(C)(C(=O)O)c1ccc(NC(=O)c2ccc(S(C)(=O)=O)s2)cc1. The van der Waals surface area contributed by atoms with Crippen molar-refractivity contribution in [2.75, 3.05) is 11.6 Å². The molecule has 0 aliphatic rings. The molecule has 0 bridgehead atoms. The first-order valence-corrected chi connectivity index (χ1v) is 9.68. The predicted octanol–water partition coefficient (Wildman–Crippen LogP) is 2.77. The smallest absolute Gasteiger partial charge is 0.313 e. The highest BCUT2D eigenvalue weighted by molar-refractivity contribution is 7.92. The van der Waals surface area contributed by atoms with Crippen molar-refractivity contribution in [1.29, 1.82) is 0 Å². The Bertz CT molecular complexity index is 879. The van der Waals surface area contributed by atoms with E-state index in [1.165, 1.54) is 12.1 Å². The number of amides is 1. The van der Waals surface area contributed by atoms with Gasteiger partial charge in [0.15, 0.2) is 9.84 Å². The molecule has 8 heteroatoms. The third-order valence-corrected chi connectivity index (χ3v) is 6.47. The van der Waals surface area contributed by atoms with Gasteiger partial charge in [0.05, 0.1) is 10.3 Å². The molecule has 128 valence electrons. The third-order valence-electron chi connectivity index (χ3n) is 3.57. The summed E-state index contributed by atoms with van der Waals surface area (Å²) < 4.78 is 23.0. The minimum absolute atomic E-state index is 0.131. The van der Waals surface area contributed by atoms with Crippen molar-refractivity contribution in [2.24, 2.45) is 0 Å². The first-order valence-electron chi connectivity index (χ1n) is 6.97. The van der Waals surface area contributed by atoms with Gasteiger partial charge in [-0.3, -0.25) is 9.59 Å². The number of sulfone groups is 1. The Morgan fingerprint density at radius 3 is 2.12 bits per heavy atom. The highest BCUT2D eigenvalue weighted by Gasteiger charge is 2.29. The van der Waals surface area contributed by atoms with Crippen LogP contribution in [0.4, 0.5) is 5.69 Å². The molecule has 1 heterocycles. The van der Waals surface area contributed by atoms with Crippen molar-refractivity contribution >= 4 is 38.7 Å². The van der Waals surface area contributed by atoms with E-state index in [1.807, 2.05) is 0 Å². The molecule has 0 spiro atoms. The average molecular weight is 367 g/mol. The van der Waals surface area contributed by atoms with E-state index in [0.29, 0.717) is 11.3 Å². The summed E-state index contributed by atoms with van der Waals surface area (Å²) in [6.07, 6.45) is 1.09. The van der Waals surface area contributed by atoms with Gasteiger partial charge in [0.25, 0.3) is 5.91 Å². The van der Waals surface area contributed by atoms with E-state index in [1.54, 1.807) is 38.1 Å². The summed E-state index contributed by atoms with van der Waals surface area (Å²) in [6.45, 7) is 3.20. The number of benzene rings is 1. The zero-order chi connectivity index (χ0) is 18.1. The van der Waals surface area contributed by atoms with Gasteiger partial charge in [-0.15, -0.1) is 11.3 Å². The molecule has 1 aromatic carbocycles. The van der Waals surface area contributed by atoms with Crippen molar-refractivity contribution in [3.05, 3.63) is 46.8 Å². The number of carbonyl (C=O) groups excluding carboxylic acids is 1. The molecule has 1 aromatic heterocycles. The van der Waals surface area contributed by atoms with Crippen LogP contribution in [0.25, 0.3) is 0 Å². The van der Waals surface area contributed by atoms with E-state index in [0.717, 1.165) is 17.6 Å². The fraction of sp³-hybridized carbons (Fsp3) is 0.250. The molecule has 2 N–H and O–H groups in total. The molecule has 0 aliphatic heterocycles. The zero-order valence-electron chi connectivity index (χ0n) is 13.4. The molecule has 0 fully saturated rings. The molecule has 2 aromatic rings. The topological polar surface area (TPSA) is 101 Å². The molecule has 2 rings (SSSR count). The van der Waals surface area contributed by atoms with Crippen LogP contribution in [0.5, 0.6) is 0 Å². The minimum Gasteiger partial charge on any atom is -0.481 e. The van der Waals surface area contributed by atoms with Gasteiger partial charge in [-0.2, -0.15) is 0 Å². The van der Waals surface area contributed by atoms with Crippen LogP contribution < -0.4 is 5.32 Å². The fourth-order valence-corrected chi connectivity index (χ4v) is 3.75. The van der Waals surface area contributed by atoms with E-state index in [9.17, 15) is 23.1 Å². The molecular formula is C16H17NO5S2. The summed E-state index contributed by atoms with van der Waals surface area (Å²) >= 11 is 0.901. The second-order valence-electron chi connectivity index (χ2n) is 5.85. The van der Waals surface area contributed by atoms with Crippen LogP contribution in [0.3, 0.4) is 0 Å². The van der Waals surface area contributed by atoms with Crippen LogP contribution in [0.15, 0.2) is 40.6 Å². The largest absolute Gasteiger partial charge is 0.481 e. The Hall–Kier alpha value is -2.19. The number of aliphatic carboxylic acids is 1. The average Bonchev–Trinajstić information content (AvgIpc) is 2.97. The number of carboxylic acids is 1. The fourth-order valence-electron chi connectivity index (χ4n) is 1.93. The van der Waals surface area contributed by atoms with E-state index in [-0.39, 0.29) is 9.09 Å². The van der Waals surface area contributed by atoms with Crippen molar-refractivity contribution in [3.63, 3.8) is 0 Å². The summed E-state index contributed by atoms with van der Waals surface area (Å²) in [5.74, 6) is -1.36. The normalized spacial score (nSPS) is 12.0. The maximum absolute atomic E-state index is 12.2. The first-order chi connectivity index (χ1) is 11.0. The number of rotatable bonds is 5. The lowest BCUT2D eigenvalue weighted by atomic mass is 9.85. The van der Waals surface area contributed by atoms with Gasteiger partial charge in [0, 0.05) is 11.9 Å². The Labute approximate surface area is 144 Å². The highest BCUT2D eigenvalue weighted by Crippen LogP contribution is 2.26. The minimum atomic E-state index is -3.34. The quantitative estimate of drug-likeness (QED) is 0.846. The number of carboxylic acid groups (broad SMARTS) is 1. The molecule has 0 unspecified atom stereocenters. The summed E-state index contributed by atoms with van der Waals surface area (Å²) in [4.78, 5) is 23.7. The van der Waals surface area contributed by atoms with Crippen LogP contribution >= 0.6 is 11.3 Å². The van der Waals surface area contributed by atoms with E-state index < -0.39 is 27.1 Å². The zero-order valence-corrected chi connectivity index (χ0v) is 15.0. The van der Waals surface area contributed by atoms with E-state index in [2.05, 4.69) is 5.32 Å². The second kappa shape index (κ2) is 6.37. The lowest BCUT2D eigenvalue weighted by Gasteiger charge is -2.19. The lowest BCUT2D eigenvalue weighted by molar-refractivity contribution is -0.142. The van der Waals surface area contributed by atoms with Crippen LogP contribution in [0.1, 0.15) is 29.1 Å². The van der Waals surface area contributed by atoms with Crippen LogP contribution in [-0.4, -0.2) is 31.7 Å². The summed E-state index contributed by atoms with van der Waals surface area (Å²) in [6, 6.07) is 9.36. The van der Waals surface area contributed by atoms with Crippen LogP contribution in [-0.2, 0) is 20.0 Å². The Kier molecular flexibility index (Phi) is 4.82. The Morgan fingerprint density at radius 1 is 1.08 bits per heavy atom. The summed E-state index contributed by atoms with van der Waals surface area (Å²) in [7, 11) is -3.34. The number of anilines is 1. The van der Waals surface area contributed by atoms with Crippen molar-refractivity contribution in [1.82, 2.24) is 0 Å². The molecule has 0 aliphatic carbocycles. The molecule has 0 saturated heterocycles. The Balaban J connectivity index is 2.15. The van der Waals surface area contributed by atoms with E-state index >= 15 is 0 Å².